The van der Waals surface area contributed by atoms with E-state index in [4.69, 9.17) is 9.15 Å². The van der Waals surface area contributed by atoms with Gasteiger partial charge >= 0.3 is 0 Å². The van der Waals surface area contributed by atoms with Crippen LogP contribution in [0.15, 0.2) is 88.7 Å². The maximum atomic E-state index is 13.8. The van der Waals surface area contributed by atoms with Crippen LogP contribution in [-0.2, 0) is 4.79 Å². The van der Waals surface area contributed by atoms with Gasteiger partial charge < -0.3 is 19.2 Å². The highest BCUT2D eigenvalue weighted by atomic mass is 16.5. The second-order valence-corrected chi connectivity index (χ2v) is 9.48. The lowest BCUT2D eigenvalue weighted by atomic mass is 9.98. The van der Waals surface area contributed by atoms with E-state index < -0.39 is 23.5 Å². The quantitative estimate of drug-likeness (QED) is 0.338. The normalized spacial score (nSPS) is 17.9. The van der Waals surface area contributed by atoms with E-state index in [1.165, 1.54) is 18.4 Å². The number of aromatic nitrogens is 1. The number of ether oxygens (including phenoxy) is 1. The van der Waals surface area contributed by atoms with Gasteiger partial charge in [-0.05, 0) is 67.8 Å². The fourth-order valence-electron chi connectivity index (χ4n) is 5.34. The summed E-state index contributed by atoms with van der Waals surface area (Å²) in [7, 11) is 1.52. The number of para-hydroxylation sites is 1. The van der Waals surface area contributed by atoms with Crippen LogP contribution in [0.1, 0.15) is 41.6 Å². The molecule has 1 amide bonds. The third kappa shape index (κ3) is 3.98. The largest absolute Gasteiger partial charge is 0.503 e. The van der Waals surface area contributed by atoms with Gasteiger partial charge in [0.25, 0.3) is 5.91 Å². The van der Waals surface area contributed by atoms with E-state index in [0.717, 1.165) is 31.6 Å². The average molecular weight is 510 g/mol. The fourth-order valence-corrected chi connectivity index (χ4v) is 5.34. The first-order chi connectivity index (χ1) is 18.6. The van der Waals surface area contributed by atoms with Crippen molar-refractivity contribution in [3.05, 3.63) is 95.7 Å². The van der Waals surface area contributed by atoms with Crippen LogP contribution in [0.2, 0.25) is 0 Å². The lowest BCUT2D eigenvalue weighted by Crippen LogP contribution is -2.32. The lowest BCUT2D eigenvalue weighted by molar-refractivity contribution is -0.117. The number of carbonyl (C=O) groups is 2. The molecule has 4 aromatic rings. The Balaban J connectivity index is 1.40. The maximum absolute atomic E-state index is 13.8. The Morgan fingerprint density at radius 2 is 1.76 bits per heavy atom. The number of hydrogen-bond acceptors (Lipinski definition) is 7. The zero-order chi connectivity index (χ0) is 26.2. The predicted octanol–water partition coefficient (Wildman–Crippen LogP) is 5.61. The van der Waals surface area contributed by atoms with Crippen LogP contribution in [0, 0.1) is 0 Å². The standard InChI is InChI=1S/C30H27N3O5/c1-37-23-10-7-8-19-18-24(38-29(19)23)27(34)25-26(22-9-3-4-15-31-22)33(30(36)28(25)35)21-13-11-20(12-14-21)32-16-5-2-6-17-32/h3-4,7-15,18,26,35H,2,5-6,16-17H2,1H3. The monoisotopic (exact) mass is 509 g/mol. The van der Waals surface area contributed by atoms with Crippen molar-refractivity contribution in [2.45, 2.75) is 25.3 Å². The minimum Gasteiger partial charge on any atom is -0.503 e. The minimum absolute atomic E-state index is 0.00192. The highest BCUT2D eigenvalue weighted by molar-refractivity contribution is 6.20. The number of ketones is 1. The molecule has 2 aromatic carbocycles. The number of carbonyl (C=O) groups excluding carboxylic acids is 2. The minimum atomic E-state index is -0.924. The smallest absolute Gasteiger partial charge is 0.294 e. The number of nitrogens with zero attached hydrogens (tertiary/aromatic N) is 3. The summed E-state index contributed by atoms with van der Waals surface area (Å²) in [6, 6.07) is 19.0. The number of fused-ring (bicyclic) bond motifs is 1. The molecule has 192 valence electrons. The van der Waals surface area contributed by atoms with E-state index in [1.807, 2.05) is 24.3 Å². The van der Waals surface area contributed by atoms with E-state index in [9.17, 15) is 14.7 Å². The number of aliphatic hydroxyl groups excluding tert-OH is 1. The molecular formula is C30H27N3O5. The Labute approximate surface area is 219 Å². The van der Waals surface area contributed by atoms with Crippen LogP contribution < -0.4 is 14.5 Å². The Morgan fingerprint density at radius 1 is 1.00 bits per heavy atom. The van der Waals surface area contributed by atoms with Crippen molar-refractivity contribution < 1.29 is 23.8 Å². The summed E-state index contributed by atoms with van der Waals surface area (Å²) in [5.74, 6) is -1.38. The van der Waals surface area contributed by atoms with Crippen LogP contribution in [0.3, 0.4) is 0 Å². The van der Waals surface area contributed by atoms with Crippen LogP contribution in [0.4, 0.5) is 11.4 Å². The van der Waals surface area contributed by atoms with Gasteiger partial charge in [0, 0.05) is 36.0 Å². The number of aliphatic hydroxyl groups is 1. The number of hydrogen-bond donors (Lipinski definition) is 1. The number of amides is 1. The first-order valence-corrected chi connectivity index (χ1v) is 12.7. The summed E-state index contributed by atoms with van der Waals surface area (Å²) in [6.45, 7) is 2.00. The summed E-state index contributed by atoms with van der Waals surface area (Å²) in [5, 5.41) is 11.7. The van der Waals surface area contributed by atoms with Crippen LogP contribution in [0.5, 0.6) is 5.75 Å². The molecule has 0 saturated carbocycles. The summed E-state index contributed by atoms with van der Waals surface area (Å²) in [4.78, 5) is 35.5. The van der Waals surface area contributed by atoms with Gasteiger partial charge in [-0.25, -0.2) is 0 Å². The van der Waals surface area contributed by atoms with Gasteiger partial charge in [-0.2, -0.15) is 0 Å². The SMILES string of the molecule is COc1cccc2cc(C(=O)C3=C(O)C(=O)N(c4ccc(N5CCCCC5)cc4)C3c3ccccn3)oc12. The second kappa shape index (κ2) is 9.70. The Bertz CT molecular complexity index is 1540. The molecule has 2 aliphatic rings. The first-order valence-electron chi connectivity index (χ1n) is 12.7. The molecule has 1 N–H and O–H groups in total. The number of pyridine rings is 1. The van der Waals surface area contributed by atoms with Crippen molar-refractivity contribution in [2.75, 3.05) is 30.0 Å². The number of furan rings is 1. The van der Waals surface area contributed by atoms with Crippen molar-refractivity contribution in [3.63, 3.8) is 0 Å². The molecule has 8 nitrogen and oxygen atoms in total. The molecule has 2 aliphatic heterocycles. The first kappa shape index (κ1) is 23.8. The van der Waals surface area contributed by atoms with E-state index in [1.54, 1.807) is 48.7 Å². The molecule has 38 heavy (non-hydrogen) atoms. The summed E-state index contributed by atoms with van der Waals surface area (Å²) < 4.78 is 11.2. The molecule has 2 aromatic heterocycles. The van der Waals surface area contributed by atoms with Crippen molar-refractivity contribution >= 4 is 34.0 Å². The number of piperidine rings is 1. The van der Waals surface area contributed by atoms with Crippen molar-refractivity contribution in [1.29, 1.82) is 0 Å². The van der Waals surface area contributed by atoms with Gasteiger partial charge in [0.05, 0.1) is 18.4 Å². The topological polar surface area (TPSA) is 96.1 Å². The van der Waals surface area contributed by atoms with Crippen LogP contribution in [0.25, 0.3) is 11.0 Å². The van der Waals surface area contributed by atoms with Crippen molar-refractivity contribution in [3.8, 4) is 5.75 Å². The Hall–Kier alpha value is -4.59. The third-order valence-corrected chi connectivity index (χ3v) is 7.22. The van der Waals surface area contributed by atoms with Gasteiger partial charge in [-0.3, -0.25) is 19.5 Å². The zero-order valence-electron chi connectivity index (χ0n) is 21.0. The summed E-state index contributed by atoms with van der Waals surface area (Å²) in [5.41, 5.74) is 2.45. The lowest BCUT2D eigenvalue weighted by Gasteiger charge is -2.30. The van der Waals surface area contributed by atoms with Crippen molar-refractivity contribution in [2.24, 2.45) is 0 Å². The molecule has 1 atom stereocenters. The predicted molar refractivity (Wildman–Crippen MR) is 144 cm³/mol. The number of anilines is 2. The van der Waals surface area contributed by atoms with E-state index in [2.05, 4.69) is 9.88 Å². The molecular weight excluding hydrogens is 482 g/mol. The molecule has 0 aliphatic carbocycles. The summed E-state index contributed by atoms with van der Waals surface area (Å²) in [6.07, 6.45) is 5.15. The van der Waals surface area contributed by atoms with Gasteiger partial charge in [-0.15, -0.1) is 0 Å². The molecule has 6 rings (SSSR count). The third-order valence-electron chi connectivity index (χ3n) is 7.22. The van der Waals surface area contributed by atoms with Crippen LogP contribution in [-0.4, -0.2) is 42.0 Å². The number of Topliss-reactive ketones (excluding diaryl/α,β-unsaturated/α-hetero) is 1. The van der Waals surface area contributed by atoms with Crippen molar-refractivity contribution in [1.82, 2.24) is 4.98 Å². The van der Waals surface area contributed by atoms with Gasteiger partial charge in [0.15, 0.2) is 22.9 Å². The number of benzene rings is 2. The molecule has 1 saturated heterocycles. The van der Waals surface area contributed by atoms with Gasteiger partial charge in [-0.1, -0.05) is 18.2 Å². The summed E-state index contributed by atoms with van der Waals surface area (Å²) >= 11 is 0. The highest BCUT2D eigenvalue weighted by Crippen LogP contribution is 2.42. The van der Waals surface area contributed by atoms with Gasteiger partial charge in [0.2, 0.25) is 5.78 Å². The molecule has 1 fully saturated rings. The molecule has 0 bridgehead atoms. The maximum Gasteiger partial charge on any atom is 0.294 e. The molecule has 0 radical (unpaired) electrons. The van der Waals surface area contributed by atoms with Gasteiger partial charge in [0.1, 0.15) is 6.04 Å². The number of methoxy groups -OCH3 is 1. The Morgan fingerprint density at radius 3 is 2.47 bits per heavy atom. The van der Waals surface area contributed by atoms with E-state index in [0.29, 0.717) is 28.1 Å². The molecule has 0 spiro atoms. The zero-order valence-corrected chi connectivity index (χ0v) is 21.0. The fraction of sp³-hybridized carbons (Fsp3) is 0.233. The number of rotatable bonds is 6. The molecule has 1 unspecified atom stereocenters. The van der Waals surface area contributed by atoms with E-state index >= 15 is 0 Å². The average Bonchev–Trinajstić information content (AvgIpc) is 3.53. The molecule has 4 heterocycles. The molecule has 8 heteroatoms. The second-order valence-electron chi connectivity index (χ2n) is 9.48. The highest BCUT2D eigenvalue weighted by Gasteiger charge is 2.46. The van der Waals surface area contributed by atoms with Crippen LogP contribution >= 0.6 is 0 Å². The van der Waals surface area contributed by atoms with E-state index in [-0.39, 0.29) is 11.3 Å². The Kier molecular flexibility index (Phi) is 6.07.